The van der Waals surface area contributed by atoms with Crippen molar-refractivity contribution in [3.63, 3.8) is 0 Å². The van der Waals surface area contributed by atoms with Crippen LogP contribution in [0.5, 0.6) is 0 Å². The van der Waals surface area contributed by atoms with Gasteiger partial charge >= 0.3 is 0 Å². The lowest BCUT2D eigenvalue weighted by atomic mass is 10.2. The van der Waals surface area contributed by atoms with E-state index >= 15 is 0 Å². The van der Waals surface area contributed by atoms with E-state index in [1.165, 1.54) is 34.9 Å². The monoisotopic (exact) mass is 463 g/mol. The molecule has 0 aromatic heterocycles. The molecule has 0 spiro atoms. The van der Waals surface area contributed by atoms with Gasteiger partial charge in [0.25, 0.3) is 0 Å². The molecule has 0 saturated carbocycles. The minimum atomic E-state index is -1.69. The Bertz CT molecular complexity index is 836. The first kappa shape index (κ1) is 24.9. The summed E-state index contributed by atoms with van der Waals surface area (Å²) in [5.74, 6) is 0. The third-order valence-electron chi connectivity index (χ3n) is 7.00. The Morgan fingerprint density at radius 3 is 1.41 bits per heavy atom. The van der Waals surface area contributed by atoms with Gasteiger partial charge in [-0.25, -0.2) is 0 Å². The highest BCUT2D eigenvalue weighted by molar-refractivity contribution is 7.95. The van der Waals surface area contributed by atoms with Gasteiger partial charge in [-0.3, -0.25) is 0 Å². The van der Waals surface area contributed by atoms with Gasteiger partial charge in [0.2, 0.25) is 0 Å². The molecule has 3 aromatic rings. The summed E-state index contributed by atoms with van der Waals surface area (Å²) >= 11 is 0. The molecule has 0 saturated heterocycles. The molecule has 3 aromatic carbocycles. The fraction of sp³-hybridized carbons (Fsp3) is 0.379. The SMILES string of the molecule is CC(C)(C)[Si](C)(C)OCCCCC[P+](c1ccccc1)(c1ccccc1)c1ccccc1. The number of hydrogen-bond acceptors (Lipinski definition) is 1. The summed E-state index contributed by atoms with van der Waals surface area (Å²) in [5, 5.41) is 4.72. The van der Waals surface area contributed by atoms with Crippen LogP contribution in [0.2, 0.25) is 18.1 Å². The molecule has 170 valence electrons. The Labute approximate surface area is 197 Å². The van der Waals surface area contributed by atoms with Gasteiger partial charge in [0, 0.05) is 6.61 Å². The van der Waals surface area contributed by atoms with Crippen LogP contribution in [0.3, 0.4) is 0 Å². The van der Waals surface area contributed by atoms with Crippen LogP contribution in [-0.4, -0.2) is 21.1 Å². The molecule has 0 aliphatic rings. The van der Waals surface area contributed by atoms with Crippen molar-refractivity contribution in [1.29, 1.82) is 0 Å². The summed E-state index contributed by atoms with van der Waals surface area (Å²) in [7, 11) is -3.35. The Balaban J connectivity index is 1.80. The molecular formula is C29H40OPSi+. The van der Waals surface area contributed by atoms with E-state index in [9.17, 15) is 0 Å². The van der Waals surface area contributed by atoms with E-state index in [-0.39, 0.29) is 5.04 Å². The zero-order chi connectivity index (χ0) is 23.1. The lowest BCUT2D eigenvalue weighted by molar-refractivity contribution is 0.279. The van der Waals surface area contributed by atoms with Crippen LogP contribution in [0.25, 0.3) is 0 Å². The third kappa shape index (κ3) is 5.79. The van der Waals surface area contributed by atoms with Crippen molar-refractivity contribution in [2.45, 2.75) is 58.2 Å². The summed E-state index contributed by atoms with van der Waals surface area (Å²) < 4.78 is 6.43. The zero-order valence-corrected chi connectivity index (χ0v) is 22.4. The predicted molar refractivity (Wildman–Crippen MR) is 147 cm³/mol. The standard InChI is InChI=1S/C29H40OPSi/c1-29(2,3)32(4,5)30-24-16-9-17-25-31(26-18-10-6-11-19-26,27-20-12-7-13-21-27)28-22-14-8-15-23-28/h6-8,10-15,18-23H,9,16-17,24-25H2,1-5H3/q+1. The van der Waals surface area contributed by atoms with E-state index in [1.54, 1.807) is 0 Å². The molecular weight excluding hydrogens is 423 g/mol. The molecule has 0 bridgehead atoms. The molecule has 0 aliphatic carbocycles. The van der Waals surface area contributed by atoms with Gasteiger partial charge in [-0.1, -0.05) is 75.4 Å². The van der Waals surface area contributed by atoms with E-state index < -0.39 is 15.6 Å². The summed E-state index contributed by atoms with van der Waals surface area (Å²) in [4.78, 5) is 0. The number of rotatable bonds is 10. The molecule has 0 fully saturated rings. The molecule has 0 atom stereocenters. The van der Waals surface area contributed by atoms with Crippen molar-refractivity contribution >= 4 is 31.5 Å². The maximum Gasteiger partial charge on any atom is 0.191 e. The summed E-state index contributed by atoms with van der Waals surface area (Å²) in [6, 6.07) is 33.6. The fourth-order valence-electron chi connectivity index (χ4n) is 4.05. The van der Waals surface area contributed by atoms with Crippen molar-refractivity contribution in [2.75, 3.05) is 12.8 Å². The summed E-state index contributed by atoms with van der Waals surface area (Å²) in [6.07, 6.45) is 4.77. The molecule has 0 amide bonds. The second kappa shape index (κ2) is 10.9. The second-order valence-corrected chi connectivity index (χ2v) is 18.6. The number of unbranched alkanes of at least 4 members (excludes halogenated alkanes) is 2. The topological polar surface area (TPSA) is 9.23 Å². The average molecular weight is 464 g/mol. The Morgan fingerprint density at radius 1 is 0.625 bits per heavy atom. The maximum absolute atomic E-state index is 6.43. The normalized spacial score (nSPS) is 12.7. The first-order chi connectivity index (χ1) is 15.3. The van der Waals surface area contributed by atoms with Gasteiger partial charge in [-0.15, -0.1) is 0 Å². The van der Waals surface area contributed by atoms with E-state index in [2.05, 4.69) is 125 Å². The van der Waals surface area contributed by atoms with Crippen molar-refractivity contribution in [3.8, 4) is 0 Å². The number of hydrogen-bond donors (Lipinski definition) is 0. The van der Waals surface area contributed by atoms with Gasteiger partial charge in [-0.2, -0.15) is 0 Å². The highest BCUT2D eigenvalue weighted by Gasteiger charge is 2.44. The van der Waals surface area contributed by atoms with Crippen LogP contribution in [0.1, 0.15) is 40.0 Å². The maximum atomic E-state index is 6.43. The first-order valence-corrected chi connectivity index (χ1v) is 16.8. The van der Waals surface area contributed by atoms with Crippen LogP contribution in [0.15, 0.2) is 91.0 Å². The van der Waals surface area contributed by atoms with Crippen LogP contribution < -0.4 is 15.9 Å². The largest absolute Gasteiger partial charge is 0.417 e. The molecule has 0 aliphatic heterocycles. The van der Waals surface area contributed by atoms with E-state index in [0.29, 0.717) is 0 Å². The molecule has 0 N–H and O–H groups in total. The van der Waals surface area contributed by atoms with Gasteiger partial charge in [0.1, 0.15) is 23.2 Å². The molecule has 0 radical (unpaired) electrons. The lowest BCUT2D eigenvalue weighted by Gasteiger charge is -2.36. The summed E-state index contributed by atoms with van der Waals surface area (Å²) in [5.41, 5.74) is 0. The lowest BCUT2D eigenvalue weighted by Crippen LogP contribution is -2.40. The Kier molecular flexibility index (Phi) is 8.50. The molecule has 0 unspecified atom stereocenters. The van der Waals surface area contributed by atoms with Crippen LogP contribution in [0, 0.1) is 0 Å². The van der Waals surface area contributed by atoms with Gasteiger partial charge < -0.3 is 4.43 Å². The molecule has 0 heterocycles. The van der Waals surface area contributed by atoms with Crippen LogP contribution >= 0.6 is 7.26 Å². The van der Waals surface area contributed by atoms with Crippen molar-refractivity contribution in [1.82, 2.24) is 0 Å². The molecule has 3 heteroatoms. The van der Waals surface area contributed by atoms with E-state index in [4.69, 9.17) is 4.43 Å². The van der Waals surface area contributed by atoms with Gasteiger partial charge in [-0.05, 0) is 73.8 Å². The van der Waals surface area contributed by atoms with Crippen molar-refractivity contribution < 1.29 is 4.43 Å². The highest BCUT2D eigenvalue weighted by atomic mass is 31.2. The minimum Gasteiger partial charge on any atom is -0.417 e. The van der Waals surface area contributed by atoms with Gasteiger partial charge in [0.15, 0.2) is 8.32 Å². The average Bonchev–Trinajstić information content (AvgIpc) is 2.80. The fourth-order valence-corrected chi connectivity index (χ4v) is 9.55. The van der Waals surface area contributed by atoms with Crippen LogP contribution in [-0.2, 0) is 4.43 Å². The van der Waals surface area contributed by atoms with Crippen LogP contribution in [0.4, 0.5) is 0 Å². The second-order valence-electron chi connectivity index (χ2n) is 10.2. The number of benzene rings is 3. The molecule has 32 heavy (non-hydrogen) atoms. The molecule has 1 nitrogen and oxygen atoms in total. The Hall–Kier alpha value is -1.73. The minimum absolute atomic E-state index is 0.279. The highest BCUT2D eigenvalue weighted by Crippen LogP contribution is 2.56. The van der Waals surface area contributed by atoms with Crippen molar-refractivity contribution in [2.24, 2.45) is 0 Å². The quantitative estimate of drug-likeness (QED) is 0.176. The van der Waals surface area contributed by atoms with Crippen molar-refractivity contribution in [3.05, 3.63) is 91.0 Å². The predicted octanol–water partition coefficient (Wildman–Crippen LogP) is 7.17. The Morgan fingerprint density at radius 2 is 1.03 bits per heavy atom. The zero-order valence-electron chi connectivity index (χ0n) is 20.6. The van der Waals surface area contributed by atoms with Gasteiger partial charge in [0.05, 0.1) is 6.16 Å². The van der Waals surface area contributed by atoms with E-state index in [0.717, 1.165) is 13.0 Å². The smallest absolute Gasteiger partial charge is 0.191 e. The summed E-state index contributed by atoms with van der Waals surface area (Å²) in [6.45, 7) is 12.5. The molecule has 3 rings (SSSR count). The third-order valence-corrected chi connectivity index (χ3v) is 16.1. The first-order valence-electron chi connectivity index (χ1n) is 12.0. The van der Waals surface area contributed by atoms with E-state index in [1.807, 2.05) is 0 Å².